The van der Waals surface area contributed by atoms with Gasteiger partial charge < -0.3 is 15.0 Å². The summed E-state index contributed by atoms with van der Waals surface area (Å²) in [6.07, 6.45) is 1.47. The van der Waals surface area contributed by atoms with Crippen LogP contribution in [0.3, 0.4) is 0 Å². The molecular weight excluding hydrogens is 206 g/mol. The van der Waals surface area contributed by atoms with Gasteiger partial charge in [0.05, 0.1) is 0 Å². The zero-order valence-corrected chi connectivity index (χ0v) is 10.1. The highest BCUT2D eigenvalue weighted by molar-refractivity contribution is 5.07. The number of aromatic nitrogens is 2. The Labute approximate surface area is 95.3 Å². The standard InChI is InChI=1S/C11H19N3O2/c1-10(2,3)8-13-9(16-14-8)11(12)4-6-15-7-5-11/h4-7,12H2,1-3H3. The highest BCUT2D eigenvalue weighted by Gasteiger charge is 2.36. The van der Waals surface area contributed by atoms with Crippen LogP contribution >= 0.6 is 0 Å². The van der Waals surface area contributed by atoms with E-state index in [0.29, 0.717) is 24.9 Å². The maximum absolute atomic E-state index is 6.26. The van der Waals surface area contributed by atoms with Crippen LogP contribution in [0.15, 0.2) is 4.52 Å². The van der Waals surface area contributed by atoms with Gasteiger partial charge in [-0.05, 0) is 12.8 Å². The maximum Gasteiger partial charge on any atom is 0.246 e. The molecule has 5 heteroatoms. The van der Waals surface area contributed by atoms with Gasteiger partial charge in [0.15, 0.2) is 5.82 Å². The minimum atomic E-state index is -0.505. The Morgan fingerprint density at radius 2 is 1.88 bits per heavy atom. The highest BCUT2D eigenvalue weighted by Crippen LogP contribution is 2.29. The summed E-state index contributed by atoms with van der Waals surface area (Å²) in [7, 11) is 0. The number of nitrogens with zero attached hydrogens (tertiary/aromatic N) is 2. The molecule has 0 spiro atoms. The van der Waals surface area contributed by atoms with Crippen molar-refractivity contribution in [1.29, 1.82) is 0 Å². The van der Waals surface area contributed by atoms with Gasteiger partial charge in [0.25, 0.3) is 0 Å². The zero-order chi connectivity index (χ0) is 11.8. The van der Waals surface area contributed by atoms with Crippen molar-refractivity contribution in [2.24, 2.45) is 5.73 Å². The predicted molar refractivity (Wildman–Crippen MR) is 58.9 cm³/mol. The Hall–Kier alpha value is -0.940. The molecule has 1 aromatic rings. The fraction of sp³-hybridized carbons (Fsp3) is 0.818. The Balaban J connectivity index is 2.24. The molecule has 1 fully saturated rings. The van der Waals surface area contributed by atoms with E-state index in [1.54, 1.807) is 0 Å². The van der Waals surface area contributed by atoms with E-state index in [4.69, 9.17) is 15.0 Å². The molecule has 0 radical (unpaired) electrons. The Morgan fingerprint density at radius 1 is 1.25 bits per heavy atom. The number of hydrogen-bond donors (Lipinski definition) is 1. The van der Waals surface area contributed by atoms with E-state index < -0.39 is 5.54 Å². The maximum atomic E-state index is 6.26. The first-order valence-corrected chi connectivity index (χ1v) is 5.63. The van der Waals surface area contributed by atoms with Crippen molar-refractivity contribution in [3.8, 4) is 0 Å². The minimum absolute atomic E-state index is 0.108. The number of nitrogens with two attached hydrogens (primary N) is 1. The summed E-state index contributed by atoms with van der Waals surface area (Å²) in [6.45, 7) is 7.46. The lowest BCUT2D eigenvalue weighted by Gasteiger charge is -2.29. The van der Waals surface area contributed by atoms with Gasteiger partial charge in [0, 0.05) is 18.6 Å². The second-order valence-electron chi connectivity index (χ2n) is 5.44. The molecule has 1 aliphatic heterocycles. The highest BCUT2D eigenvalue weighted by atomic mass is 16.5. The zero-order valence-electron chi connectivity index (χ0n) is 10.1. The second-order valence-corrected chi connectivity index (χ2v) is 5.44. The quantitative estimate of drug-likeness (QED) is 0.780. The van der Waals surface area contributed by atoms with Gasteiger partial charge in [0.2, 0.25) is 5.89 Å². The first kappa shape index (κ1) is 11.5. The molecule has 2 rings (SSSR count). The molecule has 0 aromatic carbocycles. The summed E-state index contributed by atoms with van der Waals surface area (Å²) < 4.78 is 10.6. The van der Waals surface area contributed by atoms with Crippen LogP contribution in [0.25, 0.3) is 0 Å². The molecule has 16 heavy (non-hydrogen) atoms. The van der Waals surface area contributed by atoms with Crippen LogP contribution in [0.2, 0.25) is 0 Å². The largest absolute Gasteiger partial charge is 0.381 e. The van der Waals surface area contributed by atoms with E-state index in [0.717, 1.165) is 12.8 Å². The van der Waals surface area contributed by atoms with E-state index >= 15 is 0 Å². The van der Waals surface area contributed by atoms with Crippen LogP contribution < -0.4 is 5.73 Å². The molecule has 1 aromatic heterocycles. The average Bonchev–Trinajstić information content (AvgIpc) is 2.67. The lowest BCUT2D eigenvalue weighted by molar-refractivity contribution is 0.0400. The van der Waals surface area contributed by atoms with E-state index in [2.05, 4.69) is 30.9 Å². The molecule has 0 atom stereocenters. The van der Waals surface area contributed by atoms with Crippen molar-refractivity contribution in [1.82, 2.24) is 10.1 Å². The first-order chi connectivity index (χ1) is 7.42. The monoisotopic (exact) mass is 225 g/mol. The molecule has 0 bridgehead atoms. The summed E-state index contributed by atoms with van der Waals surface area (Å²) in [4.78, 5) is 4.42. The molecule has 90 valence electrons. The fourth-order valence-electron chi connectivity index (χ4n) is 1.68. The summed E-state index contributed by atoms with van der Waals surface area (Å²) in [5, 5.41) is 4.00. The molecule has 2 heterocycles. The van der Waals surface area contributed by atoms with Crippen LogP contribution in [0.4, 0.5) is 0 Å². The van der Waals surface area contributed by atoms with E-state index in [9.17, 15) is 0 Å². The third-order valence-electron chi connectivity index (χ3n) is 2.91. The Bertz CT molecular complexity index is 362. The third kappa shape index (κ3) is 2.10. The van der Waals surface area contributed by atoms with Gasteiger partial charge in [-0.15, -0.1) is 0 Å². The van der Waals surface area contributed by atoms with Crippen molar-refractivity contribution in [2.45, 2.75) is 44.6 Å². The van der Waals surface area contributed by atoms with Gasteiger partial charge in [-0.3, -0.25) is 0 Å². The molecule has 1 saturated heterocycles. The molecule has 1 aliphatic rings. The number of hydrogen-bond acceptors (Lipinski definition) is 5. The molecule has 0 aliphatic carbocycles. The predicted octanol–water partition coefficient (Wildman–Crippen LogP) is 1.33. The van der Waals surface area contributed by atoms with E-state index in [1.165, 1.54) is 0 Å². The lowest BCUT2D eigenvalue weighted by atomic mass is 9.91. The van der Waals surface area contributed by atoms with Crippen molar-refractivity contribution >= 4 is 0 Å². The number of ether oxygens (including phenoxy) is 1. The van der Waals surface area contributed by atoms with Crippen LogP contribution in [0, 0.1) is 0 Å². The average molecular weight is 225 g/mol. The first-order valence-electron chi connectivity index (χ1n) is 5.63. The summed E-state index contributed by atoms with van der Waals surface area (Å²) in [5.41, 5.74) is 5.65. The number of rotatable bonds is 1. The molecule has 5 nitrogen and oxygen atoms in total. The minimum Gasteiger partial charge on any atom is -0.381 e. The fourth-order valence-corrected chi connectivity index (χ4v) is 1.68. The van der Waals surface area contributed by atoms with Crippen molar-refractivity contribution in [3.63, 3.8) is 0 Å². The van der Waals surface area contributed by atoms with Crippen molar-refractivity contribution in [2.75, 3.05) is 13.2 Å². The SMILES string of the molecule is CC(C)(C)c1noc(C2(N)CCOCC2)n1. The Kier molecular flexibility index (Phi) is 2.75. The van der Waals surface area contributed by atoms with Gasteiger partial charge in [-0.1, -0.05) is 25.9 Å². The summed E-state index contributed by atoms with van der Waals surface area (Å²) in [6, 6.07) is 0. The molecule has 0 unspecified atom stereocenters. The van der Waals surface area contributed by atoms with Gasteiger partial charge >= 0.3 is 0 Å². The van der Waals surface area contributed by atoms with Crippen LogP contribution in [0.1, 0.15) is 45.3 Å². The molecule has 0 saturated carbocycles. The molecule has 0 amide bonds. The van der Waals surface area contributed by atoms with E-state index in [1.807, 2.05) is 0 Å². The van der Waals surface area contributed by atoms with E-state index in [-0.39, 0.29) is 5.41 Å². The topological polar surface area (TPSA) is 74.2 Å². The van der Waals surface area contributed by atoms with Crippen LogP contribution in [0.5, 0.6) is 0 Å². The molecule has 2 N–H and O–H groups in total. The lowest BCUT2D eigenvalue weighted by Crippen LogP contribution is -2.42. The van der Waals surface area contributed by atoms with Gasteiger partial charge in [-0.2, -0.15) is 4.98 Å². The normalized spacial score (nSPS) is 21.0. The Morgan fingerprint density at radius 3 is 2.38 bits per heavy atom. The molecular formula is C11H19N3O2. The van der Waals surface area contributed by atoms with Gasteiger partial charge in [0.1, 0.15) is 5.54 Å². The van der Waals surface area contributed by atoms with Crippen molar-refractivity contribution < 1.29 is 9.26 Å². The van der Waals surface area contributed by atoms with Crippen LogP contribution in [-0.4, -0.2) is 23.4 Å². The van der Waals surface area contributed by atoms with Gasteiger partial charge in [-0.25, -0.2) is 0 Å². The summed E-state index contributed by atoms with van der Waals surface area (Å²) in [5.74, 6) is 1.25. The second kappa shape index (κ2) is 3.82. The van der Waals surface area contributed by atoms with Crippen molar-refractivity contribution in [3.05, 3.63) is 11.7 Å². The smallest absolute Gasteiger partial charge is 0.246 e. The summed E-state index contributed by atoms with van der Waals surface area (Å²) >= 11 is 0. The third-order valence-corrected chi connectivity index (χ3v) is 2.91. The van der Waals surface area contributed by atoms with Crippen LogP contribution in [-0.2, 0) is 15.7 Å².